The van der Waals surface area contributed by atoms with Crippen LogP contribution in [0, 0.1) is 5.92 Å². The van der Waals surface area contributed by atoms with Crippen LogP contribution < -0.4 is 10.6 Å². The molecule has 0 aliphatic heterocycles. The lowest BCUT2D eigenvalue weighted by molar-refractivity contribution is -0.147. The first kappa shape index (κ1) is 18.4. The van der Waals surface area contributed by atoms with Crippen LogP contribution in [0.5, 0.6) is 0 Å². The number of carbonyl (C=O) groups excluding carboxylic acids is 2. The summed E-state index contributed by atoms with van der Waals surface area (Å²) in [7, 11) is 0. The molecule has 0 aliphatic carbocycles. The van der Waals surface area contributed by atoms with Crippen molar-refractivity contribution >= 4 is 17.8 Å². The number of carboxylic acid groups (broad SMARTS) is 1. The first-order valence-electron chi connectivity index (χ1n) is 7.02. The third-order valence-electron chi connectivity index (χ3n) is 3.03. The van der Waals surface area contributed by atoms with Gasteiger partial charge in [0, 0.05) is 6.42 Å². The molecule has 0 bridgehead atoms. The Morgan fingerprint density at radius 3 is 2.25 bits per heavy atom. The lowest BCUT2D eigenvalue weighted by Crippen LogP contribution is -2.54. The van der Waals surface area contributed by atoms with Gasteiger partial charge in [0.2, 0.25) is 11.8 Å². The summed E-state index contributed by atoms with van der Waals surface area (Å²) in [4.78, 5) is 34.3. The van der Waals surface area contributed by atoms with Crippen molar-refractivity contribution in [2.45, 2.75) is 58.9 Å². The zero-order chi connectivity index (χ0) is 15.8. The second-order valence-corrected chi connectivity index (χ2v) is 5.64. The van der Waals surface area contributed by atoms with Gasteiger partial charge in [-0.05, 0) is 25.7 Å². The van der Waals surface area contributed by atoms with Crippen LogP contribution >= 0.6 is 0 Å². The van der Waals surface area contributed by atoms with E-state index in [-0.39, 0.29) is 12.5 Å². The largest absolute Gasteiger partial charge is 0.480 e. The van der Waals surface area contributed by atoms with E-state index in [1.54, 1.807) is 0 Å². The van der Waals surface area contributed by atoms with Crippen molar-refractivity contribution in [1.82, 2.24) is 10.6 Å². The normalized spacial score (nSPS) is 13.7. The van der Waals surface area contributed by atoms with Gasteiger partial charge in [-0.25, -0.2) is 4.79 Å². The molecule has 0 fully saturated rings. The number of amides is 2. The molecule has 0 rings (SSSR count). The Bertz CT molecular complexity index is 355. The van der Waals surface area contributed by atoms with Crippen molar-refractivity contribution in [1.29, 1.82) is 0 Å². The first-order valence-corrected chi connectivity index (χ1v) is 7.02. The molecule has 0 aromatic rings. The van der Waals surface area contributed by atoms with Crippen molar-refractivity contribution in [3.63, 3.8) is 0 Å². The summed E-state index contributed by atoms with van der Waals surface area (Å²) in [6.45, 7) is 7.16. The van der Waals surface area contributed by atoms with E-state index < -0.39 is 17.4 Å². The summed E-state index contributed by atoms with van der Waals surface area (Å²) in [5.41, 5.74) is -1.28. The molecule has 20 heavy (non-hydrogen) atoms. The highest BCUT2D eigenvalue weighted by Gasteiger charge is 2.33. The Hall–Kier alpha value is -1.59. The molecule has 0 heterocycles. The van der Waals surface area contributed by atoms with E-state index in [0.29, 0.717) is 25.2 Å². The second-order valence-electron chi connectivity index (χ2n) is 5.64. The van der Waals surface area contributed by atoms with Gasteiger partial charge < -0.3 is 15.7 Å². The van der Waals surface area contributed by atoms with E-state index >= 15 is 0 Å². The van der Waals surface area contributed by atoms with Gasteiger partial charge in [0.25, 0.3) is 0 Å². The number of aliphatic carboxylic acids is 1. The summed E-state index contributed by atoms with van der Waals surface area (Å²) in [5, 5.41) is 14.1. The molecule has 0 saturated carbocycles. The van der Waals surface area contributed by atoms with Gasteiger partial charge in [-0.15, -0.1) is 0 Å². The number of nitrogens with one attached hydrogen (secondary N) is 2. The van der Waals surface area contributed by atoms with E-state index in [1.165, 1.54) is 6.92 Å². The van der Waals surface area contributed by atoms with Crippen LogP contribution in [-0.2, 0) is 14.4 Å². The molecule has 0 radical (unpaired) electrons. The van der Waals surface area contributed by atoms with Crippen LogP contribution in [0.3, 0.4) is 0 Å². The Morgan fingerprint density at radius 1 is 1.20 bits per heavy atom. The van der Waals surface area contributed by atoms with Crippen LogP contribution in [0.4, 0.5) is 0 Å². The lowest BCUT2D eigenvalue weighted by atomic mass is 9.96. The van der Waals surface area contributed by atoms with Gasteiger partial charge in [0.05, 0.1) is 6.54 Å². The van der Waals surface area contributed by atoms with Crippen LogP contribution in [0.15, 0.2) is 0 Å². The molecule has 0 aromatic heterocycles. The topological polar surface area (TPSA) is 95.5 Å². The molecule has 0 aromatic carbocycles. The smallest absolute Gasteiger partial charge is 0.329 e. The molecule has 6 nitrogen and oxygen atoms in total. The monoisotopic (exact) mass is 286 g/mol. The molecule has 3 N–H and O–H groups in total. The third kappa shape index (κ3) is 7.11. The van der Waals surface area contributed by atoms with Crippen molar-refractivity contribution < 1.29 is 19.5 Å². The first-order chi connectivity index (χ1) is 9.21. The zero-order valence-electron chi connectivity index (χ0n) is 12.8. The predicted molar refractivity (Wildman–Crippen MR) is 76.2 cm³/mol. The minimum absolute atomic E-state index is 0.191. The van der Waals surface area contributed by atoms with Gasteiger partial charge in [-0.2, -0.15) is 0 Å². The minimum Gasteiger partial charge on any atom is -0.480 e. The van der Waals surface area contributed by atoms with E-state index in [4.69, 9.17) is 5.11 Å². The summed E-state index contributed by atoms with van der Waals surface area (Å²) in [5.74, 6) is -1.32. The highest BCUT2D eigenvalue weighted by molar-refractivity contribution is 5.89. The predicted octanol–water partition coefficient (Wildman–Crippen LogP) is 1.30. The van der Waals surface area contributed by atoms with E-state index in [0.717, 1.165) is 6.42 Å². The standard InChI is InChI=1S/C14H26N2O4/c1-5-8-14(4,13(19)20)16-12(18)9-15-11(17)7-6-10(2)3/h10H,5-9H2,1-4H3,(H,15,17)(H,16,18)(H,19,20). The Labute approximate surface area is 120 Å². The molecular weight excluding hydrogens is 260 g/mol. The van der Waals surface area contributed by atoms with Crippen molar-refractivity contribution in [3.05, 3.63) is 0 Å². The zero-order valence-corrected chi connectivity index (χ0v) is 12.8. The Balaban J connectivity index is 4.21. The summed E-state index contributed by atoms with van der Waals surface area (Å²) in [6.07, 6.45) is 2.12. The molecule has 0 spiro atoms. The number of hydrogen-bond donors (Lipinski definition) is 3. The SMILES string of the molecule is CCCC(C)(NC(=O)CNC(=O)CCC(C)C)C(=O)O. The third-order valence-corrected chi connectivity index (χ3v) is 3.03. The fraction of sp³-hybridized carbons (Fsp3) is 0.786. The van der Waals surface area contributed by atoms with Gasteiger partial charge >= 0.3 is 5.97 Å². The summed E-state index contributed by atoms with van der Waals surface area (Å²) in [6, 6.07) is 0. The average Bonchev–Trinajstić information content (AvgIpc) is 2.33. The van der Waals surface area contributed by atoms with Gasteiger partial charge in [0.1, 0.15) is 5.54 Å². The Morgan fingerprint density at radius 2 is 1.80 bits per heavy atom. The van der Waals surface area contributed by atoms with E-state index in [9.17, 15) is 14.4 Å². The summed E-state index contributed by atoms with van der Waals surface area (Å²) >= 11 is 0. The Kier molecular flexibility index (Phi) is 7.87. The van der Waals surface area contributed by atoms with Gasteiger partial charge in [-0.1, -0.05) is 27.2 Å². The molecule has 0 saturated heterocycles. The van der Waals surface area contributed by atoms with Crippen molar-refractivity contribution in [2.24, 2.45) is 5.92 Å². The average molecular weight is 286 g/mol. The molecule has 1 atom stereocenters. The summed E-state index contributed by atoms with van der Waals surface area (Å²) < 4.78 is 0. The molecular formula is C14H26N2O4. The maximum Gasteiger partial charge on any atom is 0.329 e. The number of rotatable bonds is 9. The van der Waals surface area contributed by atoms with Gasteiger partial charge in [-0.3, -0.25) is 9.59 Å². The highest BCUT2D eigenvalue weighted by Crippen LogP contribution is 2.12. The number of carbonyl (C=O) groups is 3. The quantitative estimate of drug-likeness (QED) is 0.595. The lowest BCUT2D eigenvalue weighted by Gasteiger charge is -2.25. The fourth-order valence-electron chi connectivity index (χ4n) is 1.76. The van der Waals surface area contributed by atoms with Crippen LogP contribution in [-0.4, -0.2) is 35.0 Å². The molecule has 116 valence electrons. The minimum atomic E-state index is -1.28. The number of carboxylic acids is 1. The second kappa shape index (κ2) is 8.55. The molecule has 6 heteroatoms. The molecule has 0 aliphatic rings. The van der Waals surface area contributed by atoms with Crippen LogP contribution in [0.25, 0.3) is 0 Å². The van der Waals surface area contributed by atoms with Crippen LogP contribution in [0.1, 0.15) is 53.4 Å². The van der Waals surface area contributed by atoms with E-state index in [1.807, 2.05) is 20.8 Å². The van der Waals surface area contributed by atoms with E-state index in [2.05, 4.69) is 10.6 Å². The number of hydrogen-bond acceptors (Lipinski definition) is 3. The maximum atomic E-state index is 11.7. The van der Waals surface area contributed by atoms with Gasteiger partial charge in [0.15, 0.2) is 0 Å². The van der Waals surface area contributed by atoms with Crippen LogP contribution in [0.2, 0.25) is 0 Å². The highest BCUT2D eigenvalue weighted by atomic mass is 16.4. The fourth-order valence-corrected chi connectivity index (χ4v) is 1.76. The molecule has 2 amide bonds. The molecule has 1 unspecified atom stereocenters. The van der Waals surface area contributed by atoms with Crippen molar-refractivity contribution in [2.75, 3.05) is 6.54 Å². The van der Waals surface area contributed by atoms with Crippen molar-refractivity contribution in [3.8, 4) is 0 Å². The maximum absolute atomic E-state index is 11.7.